The summed E-state index contributed by atoms with van der Waals surface area (Å²) in [7, 11) is -3.73. The van der Waals surface area contributed by atoms with E-state index >= 15 is 0 Å². The number of phosphoric acid groups is 1. The maximum absolute atomic E-state index is 12.9. The minimum Gasteiger partial charge on any atom is -0.382 e. The predicted octanol–water partition coefficient (Wildman–Crippen LogP) is 2.05. The number of nitrogen functional groups attached to an aromatic ring is 1. The van der Waals surface area contributed by atoms with E-state index in [0.29, 0.717) is 17.0 Å². The van der Waals surface area contributed by atoms with E-state index in [2.05, 4.69) is 10.1 Å². The molecular formula is C17H26N5O5P. The first-order chi connectivity index (χ1) is 13.0. The fourth-order valence-corrected chi connectivity index (χ4v) is 5.20. The number of phosphoric ester groups is 1. The minimum atomic E-state index is -3.73. The molecule has 1 unspecified atom stereocenters. The van der Waals surface area contributed by atoms with E-state index in [1.807, 2.05) is 26.8 Å². The van der Waals surface area contributed by atoms with Crippen LogP contribution in [0.3, 0.4) is 0 Å². The second-order valence-corrected chi connectivity index (χ2v) is 10.3. The zero-order chi connectivity index (χ0) is 20.3. The number of nitrogens with zero attached hydrogens (tertiary/aromatic N) is 3. The molecule has 0 spiro atoms. The van der Waals surface area contributed by atoms with Gasteiger partial charge in [0.25, 0.3) is 0 Å². The molecular weight excluding hydrogens is 385 g/mol. The fraction of sp³-hybridized carbons (Fsp3) is 0.647. The van der Waals surface area contributed by atoms with Gasteiger partial charge in [-0.05, 0) is 24.5 Å². The third-order valence-corrected chi connectivity index (χ3v) is 6.30. The molecule has 2 aliphatic rings. The van der Waals surface area contributed by atoms with Crippen LogP contribution in [0.15, 0.2) is 18.5 Å². The number of hydrogen-bond acceptors (Lipinski definition) is 9. The summed E-state index contributed by atoms with van der Waals surface area (Å²) < 4.78 is 37.4. The molecule has 11 heteroatoms. The molecule has 0 bridgehead atoms. The molecule has 4 rings (SSSR count). The molecule has 4 N–H and O–H groups in total. The van der Waals surface area contributed by atoms with Gasteiger partial charge in [-0.2, -0.15) is 5.10 Å². The first-order valence-corrected chi connectivity index (χ1v) is 10.6. The van der Waals surface area contributed by atoms with E-state index < -0.39 is 31.7 Å². The monoisotopic (exact) mass is 411 g/mol. The quantitative estimate of drug-likeness (QED) is 0.727. The van der Waals surface area contributed by atoms with Crippen LogP contribution in [0.5, 0.6) is 0 Å². The molecule has 2 aromatic heterocycles. The normalized spacial score (nSPS) is 36.0. The SMILES string of the molecule is CC(C)(C)CO[P@@]1(=O)OC[C@H]2OC(c3ccc4c(N)ncnn34)[C@](C)(N)[C@@H]2O1. The maximum atomic E-state index is 12.9. The van der Waals surface area contributed by atoms with E-state index in [9.17, 15) is 4.57 Å². The van der Waals surface area contributed by atoms with Crippen molar-refractivity contribution >= 4 is 19.2 Å². The van der Waals surface area contributed by atoms with Crippen LogP contribution in [0.4, 0.5) is 5.82 Å². The van der Waals surface area contributed by atoms with Gasteiger partial charge in [0.2, 0.25) is 0 Å². The van der Waals surface area contributed by atoms with Gasteiger partial charge in [0, 0.05) is 0 Å². The van der Waals surface area contributed by atoms with Crippen molar-refractivity contribution in [2.24, 2.45) is 11.1 Å². The van der Waals surface area contributed by atoms with Crippen LogP contribution in [-0.2, 0) is 22.9 Å². The van der Waals surface area contributed by atoms with Crippen LogP contribution in [0, 0.1) is 5.41 Å². The Labute approximate surface area is 163 Å². The van der Waals surface area contributed by atoms with Gasteiger partial charge in [-0.3, -0.25) is 13.6 Å². The molecule has 4 heterocycles. The van der Waals surface area contributed by atoms with E-state index in [1.54, 1.807) is 17.5 Å². The van der Waals surface area contributed by atoms with Crippen molar-refractivity contribution in [3.8, 4) is 0 Å². The average Bonchev–Trinajstić information content (AvgIpc) is 3.13. The van der Waals surface area contributed by atoms with Crippen molar-refractivity contribution < 1.29 is 22.9 Å². The van der Waals surface area contributed by atoms with Crippen molar-refractivity contribution in [2.45, 2.75) is 51.5 Å². The molecule has 0 saturated carbocycles. The molecule has 154 valence electrons. The summed E-state index contributed by atoms with van der Waals surface area (Å²) in [6.45, 7) is 8.01. The molecule has 0 radical (unpaired) electrons. The van der Waals surface area contributed by atoms with Crippen molar-refractivity contribution in [3.05, 3.63) is 24.2 Å². The number of anilines is 1. The third kappa shape index (κ3) is 3.34. The average molecular weight is 411 g/mol. The van der Waals surface area contributed by atoms with E-state index in [0.717, 1.165) is 0 Å². The van der Waals surface area contributed by atoms with E-state index in [4.69, 9.17) is 29.8 Å². The highest BCUT2D eigenvalue weighted by Gasteiger charge is 2.59. The maximum Gasteiger partial charge on any atom is 0.475 e. The largest absolute Gasteiger partial charge is 0.475 e. The summed E-state index contributed by atoms with van der Waals surface area (Å²) in [6, 6.07) is 3.64. The van der Waals surface area contributed by atoms with Gasteiger partial charge in [0.15, 0.2) is 5.82 Å². The van der Waals surface area contributed by atoms with Gasteiger partial charge in [-0.25, -0.2) is 14.1 Å². The standard InChI is InChI=1S/C17H26N5O5P/c1-16(2,3)8-25-28(23)24-7-12-14(27-28)17(4,19)13(26-12)10-5-6-11-15(18)20-9-21-22(10)11/h5-6,9,12-14H,7-8,19H2,1-4H3,(H2,18,20,21)/t12-,13?,14-,17+,28-/m1/s1. The fourth-order valence-electron chi connectivity index (χ4n) is 3.49. The molecule has 5 atom stereocenters. The van der Waals surface area contributed by atoms with Crippen molar-refractivity contribution in [1.29, 1.82) is 0 Å². The summed E-state index contributed by atoms with van der Waals surface area (Å²) >= 11 is 0. The lowest BCUT2D eigenvalue weighted by atomic mass is 9.88. The first-order valence-electron chi connectivity index (χ1n) is 9.10. The van der Waals surface area contributed by atoms with Gasteiger partial charge < -0.3 is 16.2 Å². The predicted molar refractivity (Wildman–Crippen MR) is 101 cm³/mol. The second-order valence-electron chi connectivity index (χ2n) is 8.72. The van der Waals surface area contributed by atoms with Crippen molar-refractivity contribution in [3.63, 3.8) is 0 Å². The number of rotatable bonds is 3. The summed E-state index contributed by atoms with van der Waals surface area (Å²) in [5.74, 6) is 0.357. The van der Waals surface area contributed by atoms with E-state index in [1.165, 1.54) is 6.33 Å². The number of aromatic nitrogens is 3. The molecule has 0 aromatic carbocycles. The minimum absolute atomic E-state index is 0.0653. The molecule has 0 amide bonds. The number of fused-ring (bicyclic) bond motifs is 2. The molecule has 28 heavy (non-hydrogen) atoms. The molecule has 10 nitrogen and oxygen atoms in total. The van der Waals surface area contributed by atoms with Gasteiger partial charge >= 0.3 is 7.82 Å². The van der Waals surface area contributed by atoms with Crippen LogP contribution in [-0.4, -0.2) is 45.6 Å². The first kappa shape index (κ1) is 19.8. The Bertz CT molecular complexity index is 940. The Morgan fingerprint density at radius 3 is 2.89 bits per heavy atom. The zero-order valence-corrected chi connectivity index (χ0v) is 17.3. The number of ether oxygens (including phenoxy) is 1. The lowest BCUT2D eigenvalue weighted by Gasteiger charge is -2.36. The summed E-state index contributed by atoms with van der Waals surface area (Å²) in [4.78, 5) is 3.99. The summed E-state index contributed by atoms with van der Waals surface area (Å²) in [5.41, 5.74) is 12.7. The third-order valence-electron chi connectivity index (χ3n) is 4.90. The van der Waals surface area contributed by atoms with Crippen LogP contribution < -0.4 is 11.5 Å². The van der Waals surface area contributed by atoms with Crippen molar-refractivity contribution in [2.75, 3.05) is 18.9 Å². The highest BCUT2D eigenvalue weighted by Crippen LogP contribution is 2.59. The zero-order valence-electron chi connectivity index (χ0n) is 16.4. The summed E-state index contributed by atoms with van der Waals surface area (Å²) in [5, 5.41) is 4.25. The van der Waals surface area contributed by atoms with Gasteiger partial charge in [0.05, 0.1) is 24.4 Å². The van der Waals surface area contributed by atoms with Gasteiger partial charge in [0.1, 0.15) is 30.2 Å². The smallest absolute Gasteiger partial charge is 0.382 e. The second kappa shape index (κ2) is 6.48. The molecule has 2 aromatic rings. The highest BCUT2D eigenvalue weighted by atomic mass is 31.2. The Morgan fingerprint density at radius 1 is 1.43 bits per heavy atom. The van der Waals surface area contributed by atoms with E-state index in [-0.39, 0.29) is 18.6 Å². The van der Waals surface area contributed by atoms with Gasteiger partial charge in [-0.1, -0.05) is 20.8 Å². The summed E-state index contributed by atoms with van der Waals surface area (Å²) in [6.07, 6.45) is -0.348. The molecule has 2 saturated heterocycles. The molecule has 2 aliphatic heterocycles. The van der Waals surface area contributed by atoms with Crippen molar-refractivity contribution in [1.82, 2.24) is 14.6 Å². The lowest BCUT2D eigenvalue weighted by Crippen LogP contribution is -2.53. The van der Waals surface area contributed by atoms with Crippen LogP contribution in [0.25, 0.3) is 5.52 Å². The van der Waals surface area contributed by atoms with Crippen LogP contribution >= 0.6 is 7.82 Å². The van der Waals surface area contributed by atoms with Crippen LogP contribution in [0.1, 0.15) is 39.5 Å². The molecule has 2 fully saturated rings. The number of nitrogens with two attached hydrogens (primary N) is 2. The lowest BCUT2D eigenvalue weighted by molar-refractivity contribution is -0.0630. The highest BCUT2D eigenvalue weighted by molar-refractivity contribution is 7.48. The Kier molecular flexibility index (Phi) is 4.57. The number of hydrogen-bond donors (Lipinski definition) is 2. The van der Waals surface area contributed by atoms with Crippen LogP contribution in [0.2, 0.25) is 0 Å². The Hall–Kier alpha value is -1.55. The Morgan fingerprint density at radius 2 is 2.18 bits per heavy atom. The van der Waals surface area contributed by atoms with Gasteiger partial charge in [-0.15, -0.1) is 0 Å². The Balaban J connectivity index is 1.61. The molecule has 0 aliphatic carbocycles. The topological polar surface area (TPSA) is 136 Å².